The number of halogens is 2. The van der Waals surface area contributed by atoms with Crippen LogP contribution in [0.5, 0.6) is 0 Å². The molecule has 2 saturated heterocycles. The van der Waals surface area contributed by atoms with Crippen molar-refractivity contribution in [3.8, 4) is 0 Å². The lowest BCUT2D eigenvalue weighted by atomic mass is 9.86. The summed E-state index contributed by atoms with van der Waals surface area (Å²) < 4.78 is 0. The molecular weight excluding hydrogens is 345 g/mol. The molecule has 1 aromatic heterocycles. The van der Waals surface area contributed by atoms with Gasteiger partial charge in [-0.05, 0) is 38.4 Å². The zero-order valence-electron chi connectivity index (χ0n) is 13.7. The van der Waals surface area contributed by atoms with Crippen molar-refractivity contribution >= 4 is 41.6 Å². The highest BCUT2D eigenvalue weighted by Gasteiger charge is 2.42. The summed E-state index contributed by atoms with van der Waals surface area (Å²) in [5.74, 6) is 0.158. The van der Waals surface area contributed by atoms with Crippen molar-refractivity contribution < 1.29 is 4.79 Å². The fourth-order valence-corrected chi connectivity index (χ4v) is 3.91. The summed E-state index contributed by atoms with van der Waals surface area (Å²) in [4.78, 5) is 19.6. The fraction of sp³-hybridized carbons (Fsp3) is 0.444. The van der Waals surface area contributed by atoms with Crippen LogP contribution in [-0.2, 0) is 0 Å². The molecule has 6 heteroatoms. The zero-order valence-corrected chi connectivity index (χ0v) is 15.4. The van der Waals surface area contributed by atoms with E-state index in [1.165, 1.54) is 6.42 Å². The van der Waals surface area contributed by atoms with Gasteiger partial charge >= 0.3 is 0 Å². The normalized spacial score (nSPS) is 22.5. The standard InChI is InChI=1S/C18H21N3O.2ClH/c1-13-10-15(14-4-2-3-5-16(14)20-13)17(22)21-9-7-18(12-21)6-8-19-11-18;;/h2-5,10,19H,6-9,11-12H2,1H3;2*1H. The average molecular weight is 368 g/mol. The maximum atomic E-state index is 13.0. The first kappa shape index (κ1) is 19.0. The van der Waals surface area contributed by atoms with Gasteiger partial charge in [-0.2, -0.15) is 0 Å². The van der Waals surface area contributed by atoms with Crippen LogP contribution in [0.4, 0.5) is 0 Å². The number of likely N-dealkylation sites (tertiary alicyclic amines) is 1. The van der Waals surface area contributed by atoms with Gasteiger partial charge in [-0.1, -0.05) is 18.2 Å². The number of amides is 1. The molecule has 1 unspecified atom stereocenters. The van der Waals surface area contributed by atoms with E-state index in [1.807, 2.05) is 42.2 Å². The highest BCUT2D eigenvalue weighted by Crippen LogP contribution is 2.37. The van der Waals surface area contributed by atoms with Gasteiger partial charge in [0.2, 0.25) is 0 Å². The summed E-state index contributed by atoms with van der Waals surface area (Å²) in [5.41, 5.74) is 2.92. The van der Waals surface area contributed by atoms with Crippen molar-refractivity contribution in [2.24, 2.45) is 5.41 Å². The summed E-state index contributed by atoms with van der Waals surface area (Å²) in [5, 5.41) is 4.41. The number of aromatic nitrogens is 1. The molecule has 2 aliphatic rings. The number of benzene rings is 1. The van der Waals surface area contributed by atoms with Crippen LogP contribution in [0.1, 0.15) is 28.9 Å². The van der Waals surface area contributed by atoms with Gasteiger partial charge in [0.1, 0.15) is 0 Å². The molecular formula is C18H23Cl2N3O. The first-order valence-corrected chi connectivity index (χ1v) is 8.03. The van der Waals surface area contributed by atoms with Crippen LogP contribution in [-0.4, -0.2) is 42.0 Å². The minimum atomic E-state index is 0. The van der Waals surface area contributed by atoms with Gasteiger partial charge in [-0.25, -0.2) is 0 Å². The Morgan fingerprint density at radius 3 is 2.79 bits per heavy atom. The Balaban J connectivity index is 0.00000104. The molecule has 130 valence electrons. The lowest BCUT2D eigenvalue weighted by molar-refractivity contribution is 0.0777. The second-order valence-corrected chi connectivity index (χ2v) is 6.73. The second-order valence-electron chi connectivity index (χ2n) is 6.73. The van der Waals surface area contributed by atoms with Crippen molar-refractivity contribution in [1.29, 1.82) is 0 Å². The van der Waals surface area contributed by atoms with Crippen LogP contribution in [0.2, 0.25) is 0 Å². The van der Waals surface area contributed by atoms with Crippen LogP contribution in [0.3, 0.4) is 0 Å². The summed E-state index contributed by atoms with van der Waals surface area (Å²) in [6, 6.07) is 9.85. The number of carbonyl (C=O) groups excluding carboxylic acids is 1. The van der Waals surface area contributed by atoms with Crippen LogP contribution < -0.4 is 5.32 Å². The molecule has 4 rings (SSSR count). The predicted molar refractivity (Wildman–Crippen MR) is 101 cm³/mol. The molecule has 2 aliphatic heterocycles. The van der Waals surface area contributed by atoms with E-state index in [-0.39, 0.29) is 30.7 Å². The highest BCUT2D eigenvalue weighted by atomic mass is 35.5. The number of hydrogen-bond acceptors (Lipinski definition) is 3. The summed E-state index contributed by atoms with van der Waals surface area (Å²) >= 11 is 0. The van der Waals surface area contributed by atoms with E-state index < -0.39 is 0 Å². The summed E-state index contributed by atoms with van der Waals surface area (Å²) in [6.45, 7) is 5.84. The third kappa shape index (κ3) is 3.23. The number of rotatable bonds is 1. The van der Waals surface area contributed by atoms with Crippen molar-refractivity contribution in [3.63, 3.8) is 0 Å². The van der Waals surface area contributed by atoms with Gasteiger partial charge in [0.15, 0.2) is 0 Å². The minimum absolute atomic E-state index is 0. The largest absolute Gasteiger partial charge is 0.338 e. The Bertz CT molecular complexity index is 744. The molecule has 1 N–H and O–H groups in total. The Morgan fingerprint density at radius 1 is 1.25 bits per heavy atom. The Morgan fingerprint density at radius 2 is 2.04 bits per heavy atom. The molecule has 1 aromatic carbocycles. The second kappa shape index (κ2) is 7.26. The van der Waals surface area contributed by atoms with E-state index in [9.17, 15) is 4.79 Å². The predicted octanol–water partition coefficient (Wildman–Crippen LogP) is 3.21. The quantitative estimate of drug-likeness (QED) is 0.841. The molecule has 1 atom stereocenters. The number of hydrogen-bond donors (Lipinski definition) is 1. The van der Waals surface area contributed by atoms with Crippen molar-refractivity contribution in [2.75, 3.05) is 26.2 Å². The van der Waals surface area contributed by atoms with Crippen molar-refractivity contribution in [2.45, 2.75) is 19.8 Å². The minimum Gasteiger partial charge on any atom is -0.338 e. The van der Waals surface area contributed by atoms with Crippen molar-refractivity contribution in [3.05, 3.63) is 41.6 Å². The van der Waals surface area contributed by atoms with E-state index in [2.05, 4.69) is 10.3 Å². The number of nitrogens with one attached hydrogen (secondary N) is 1. The number of carbonyl (C=O) groups is 1. The molecule has 0 saturated carbocycles. The maximum Gasteiger partial charge on any atom is 0.254 e. The third-order valence-corrected chi connectivity index (χ3v) is 5.13. The number of aryl methyl sites for hydroxylation is 1. The molecule has 0 radical (unpaired) electrons. The average Bonchev–Trinajstić information content (AvgIpc) is 3.16. The Kier molecular flexibility index (Phi) is 5.74. The summed E-state index contributed by atoms with van der Waals surface area (Å²) in [7, 11) is 0. The van der Waals surface area contributed by atoms with Gasteiger partial charge in [-0.3, -0.25) is 9.78 Å². The molecule has 1 amide bonds. The van der Waals surface area contributed by atoms with E-state index in [1.54, 1.807) is 0 Å². The number of pyridine rings is 1. The van der Waals surface area contributed by atoms with E-state index in [0.29, 0.717) is 5.41 Å². The summed E-state index contributed by atoms with van der Waals surface area (Å²) in [6.07, 6.45) is 2.31. The molecule has 0 aliphatic carbocycles. The molecule has 0 bridgehead atoms. The molecule has 1 spiro atoms. The fourth-order valence-electron chi connectivity index (χ4n) is 3.91. The topological polar surface area (TPSA) is 45.2 Å². The Labute approximate surface area is 154 Å². The van der Waals surface area contributed by atoms with E-state index in [4.69, 9.17) is 0 Å². The van der Waals surface area contributed by atoms with Crippen LogP contribution in [0, 0.1) is 12.3 Å². The maximum absolute atomic E-state index is 13.0. The van der Waals surface area contributed by atoms with Gasteiger partial charge in [0, 0.05) is 36.1 Å². The first-order valence-electron chi connectivity index (χ1n) is 8.03. The molecule has 24 heavy (non-hydrogen) atoms. The molecule has 2 fully saturated rings. The highest BCUT2D eigenvalue weighted by molar-refractivity contribution is 6.06. The molecule has 2 aromatic rings. The zero-order chi connectivity index (χ0) is 15.2. The number of para-hydroxylation sites is 1. The van der Waals surface area contributed by atoms with Crippen LogP contribution in [0.25, 0.3) is 10.9 Å². The number of nitrogens with zero attached hydrogens (tertiary/aromatic N) is 2. The van der Waals surface area contributed by atoms with Crippen LogP contribution in [0.15, 0.2) is 30.3 Å². The number of fused-ring (bicyclic) bond motifs is 1. The lowest BCUT2D eigenvalue weighted by Crippen LogP contribution is -2.33. The van der Waals surface area contributed by atoms with Gasteiger partial charge in [-0.15, -0.1) is 24.8 Å². The first-order chi connectivity index (χ1) is 10.7. The Hall–Kier alpha value is -1.36. The smallest absolute Gasteiger partial charge is 0.254 e. The monoisotopic (exact) mass is 367 g/mol. The SMILES string of the molecule is Cc1cc(C(=O)N2CCC3(CCNC3)C2)c2ccccc2n1.Cl.Cl. The third-order valence-electron chi connectivity index (χ3n) is 5.13. The molecule has 4 nitrogen and oxygen atoms in total. The van der Waals surface area contributed by atoms with E-state index in [0.717, 1.165) is 54.8 Å². The van der Waals surface area contributed by atoms with Crippen molar-refractivity contribution in [1.82, 2.24) is 15.2 Å². The lowest BCUT2D eigenvalue weighted by Gasteiger charge is -2.23. The van der Waals surface area contributed by atoms with Gasteiger partial charge in [0.25, 0.3) is 5.91 Å². The van der Waals surface area contributed by atoms with E-state index >= 15 is 0 Å². The van der Waals surface area contributed by atoms with Gasteiger partial charge in [0.05, 0.1) is 11.1 Å². The molecule has 3 heterocycles. The van der Waals surface area contributed by atoms with Crippen LogP contribution >= 0.6 is 24.8 Å². The van der Waals surface area contributed by atoms with Gasteiger partial charge < -0.3 is 10.2 Å².